The van der Waals surface area contributed by atoms with Gasteiger partial charge in [0.05, 0.1) is 36.1 Å². The van der Waals surface area contributed by atoms with Crippen LogP contribution in [-0.2, 0) is 14.4 Å². The molecule has 4 unspecified atom stereocenters. The van der Waals surface area contributed by atoms with Crippen molar-refractivity contribution in [2.75, 3.05) is 23.8 Å². The smallest absolute Gasteiger partial charge is 0.235 e. The molecule has 1 heterocycles. The van der Waals surface area contributed by atoms with Crippen LogP contribution in [0.4, 0.5) is 11.4 Å². The zero-order chi connectivity index (χ0) is 27.3. The fourth-order valence-corrected chi connectivity index (χ4v) is 5.94. The summed E-state index contributed by atoms with van der Waals surface area (Å²) >= 11 is 1.34. The number of ketones is 1. The maximum absolute atomic E-state index is 13.8. The van der Waals surface area contributed by atoms with Gasteiger partial charge in [-0.2, -0.15) is 0 Å². The summed E-state index contributed by atoms with van der Waals surface area (Å²) in [6.45, 7) is 5.97. The standard InChI is InChI=1S/C29H32N2O6S/c1-4-36-21-13-8-6-11-18(21)30-27(33)24-20(32)17-29(3,35)26(25(24)23-15-10-16-38-23)28(34)31-19-12-7-9-14-22(19)37-5-2/h6-16,24-26,35H,4-5,17H2,1-3H3,(H,30,33)(H,31,34). The van der Waals surface area contributed by atoms with Crippen LogP contribution in [0.2, 0.25) is 0 Å². The molecule has 1 fully saturated rings. The van der Waals surface area contributed by atoms with Crippen LogP contribution in [0.1, 0.15) is 38.0 Å². The predicted molar refractivity (Wildman–Crippen MR) is 147 cm³/mol. The SMILES string of the molecule is CCOc1ccccc1NC(=O)C1C(=O)CC(C)(O)C(C(=O)Nc2ccccc2OCC)C1c1cccs1. The van der Waals surface area contributed by atoms with Crippen molar-refractivity contribution >= 4 is 40.3 Å². The van der Waals surface area contributed by atoms with E-state index in [0.29, 0.717) is 41.0 Å². The first-order chi connectivity index (χ1) is 18.3. The summed E-state index contributed by atoms with van der Waals surface area (Å²) < 4.78 is 11.3. The van der Waals surface area contributed by atoms with Crippen molar-refractivity contribution in [2.24, 2.45) is 11.8 Å². The highest BCUT2D eigenvalue weighted by Gasteiger charge is 2.56. The molecule has 200 valence electrons. The van der Waals surface area contributed by atoms with Gasteiger partial charge in [-0.1, -0.05) is 30.3 Å². The average Bonchev–Trinajstić information content (AvgIpc) is 3.40. The number of carbonyl (C=O) groups is 3. The molecule has 1 aliphatic carbocycles. The third-order valence-electron chi connectivity index (χ3n) is 6.59. The van der Waals surface area contributed by atoms with Gasteiger partial charge in [-0.3, -0.25) is 14.4 Å². The molecule has 3 N–H and O–H groups in total. The first kappa shape index (κ1) is 27.3. The van der Waals surface area contributed by atoms with E-state index in [1.165, 1.54) is 18.3 Å². The molecule has 0 radical (unpaired) electrons. The molecule has 0 bridgehead atoms. The average molecular weight is 537 g/mol. The Bertz CT molecular complexity index is 1290. The van der Waals surface area contributed by atoms with Gasteiger partial charge in [0.15, 0.2) is 0 Å². The molecule has 1 aliphatic rings. The lowest BCUT2D eigenvalue weighted by molar-refractivity contribution is -0.150. The predicted octanol–water partition coefficient (Wildman–Crippen LogP) is 4.86. The number of hydrogen-bond acceptors (Lipinski definition) is 7. The van der Waals surface area contributed by atoms with Crippen LogP contribution in [-0.4, -0.2) is 41.5 Å². The van der Waals surface area contributed by atoms with Gasteiger partial charge in [-0.15, -0.1) is 11.3 Å². The minimum atomic E-state index is -1.68. The number of rotatable bonds is 9. The number of Topliss-reactive ketones (excluding diaryl/α,β-unsaturated/α-hetero) is 1. The second-order valence-corrected chi connectivity index (χ2v) is 10.3. The molecular weight excluding hydrogens is 504 g/mol. The highest BCUT2D eigenvalue weighted by atomic mass is 32.1. The van der Waals surface area contributed by atoms with Crippen LogP contribution in [0.15, 0.2) is 66.0 Å². The van der Waals surface area contributed by atoms with Crippen molar-refractivity contribution < 1.29 is 29.0 Å². The Morgan fingerprint density at radius 2 is 1.47 bits per heavy atom. The van der Waals surface area contributed by atoms with Crippen molar-refractivity contribution in [3.05, 3.63) is 70.9 Å². The topological polar surface area (TPSA) is 114 Å². The van der Waals surface area contributed by atoms with Crippen LogP contribution in [0, 0.1) is 11.8 Å². The highest BCUT2D eigenvalue weighted by molar-refractivity contribution is 7.10. The lowest BCUT2D eigenvalue weighted by Crippen LogP contribution is -2.56. The fraction of sp³-hybridized carbons (Fsp3) is 0.345. The van der Waals surface area contributed by atoms with Crippen molar-refractivity contribution in [3.63, 3.8) is 0 Å². The molecule has 1 saturated carbocycles. The minimum Gasteiger partial charge on any atom is -0.492 e. The van der Waals surface area contributed by atoms with Gasteiger partial charge in [0, 0.05) is 17.2 Å². The van der Waals surface area contributed by atoms with Gasteiger partial charge in [-0.05, 0) is 56.5 Å². The van der Waals surface area contributed by atoms with E-state index in [2.05, 4.69) is 10.6 Å². The van der Waals surface area contributed by atoms with Gasteiger partial charge >= 0.3 is 0 Å². The van der Waals surface area contributed by atoms with E-state index < -0.39 is 41.0 Å². The number of carbonyl (C=O) groups excluding carboxylic acids is 3. The van der Waals surface area contributed by atoms with E-state index in [1.54, 1.807) is 60.7 Å². The molecule has 2 amide bonds. The van der Waals surface area contributed by atoms with Crippen molar-refractivity contribution in [1.29, 1.82) is 0 Å². The number of nitrogens with one attached hydrogen (secondary N) is 2. The molecule has 0 saturated heterocycles. The molecular formula is C29H32N2O6S. The highest BCUT2D eigenvalue weighted by Crippen LogP contribution is 2.48. The first-order valence-corrected chi connectivity index (χ1v) is 13.5. The molecule has 38 heavy (non-hydrogen) atoms. The lowest BCUT2D eigenvalue weighted by Gasteiger charge is -2.44. The number of aliphatic hydroxyl groups is 1. The summed E-state index contributed by atoms with van der Waals surface area (Å²) in [6.07, 6.45) is -0.342. The van der Waals surface area contributed by atoms with Crippen molar-refractivity contribution in [3.8, 4) is 11.5 Å². The minimum absolute atomic E-state index is 0.342. The summed E-state index contributed by atoms with van der Waals surface area (Å²) in [4.78, 5) is 41.6. The van der Waals surface area contributed by atoms with E-state index in [9.17, 15) is 19.5 Å². The van der Waals surface area contributed by atoms with Gasteiger partial charge in [0.2, 0.25) is 11.8 Å². The van der Waals surface area contributed by atoms with Gasteiger partial charge in [0.1, 0.15) is 23.2 Å². The van der Waals surface area contributed by atoms with Crippen LogP contribution in [0.3, 0.4) is 0 Å². The molecule has 2 aromatic carbocycles. The Morgan fingerprint density at radius 1 is 0.921 bits per heavy atom. The maximum Gasteiger partial charge on any atom is 0.235 e. The van der Waals surface area contributed by atoms with E-state index in [-0.39, 0.29) is 6.42 Å². The Kier molecular flexibility index (Phi) is 8.48. The summed E-state index contributed by atoms with van der Waals surface area (Å²) in [5, 5.41) is 19.0. The van der Waals surface area contributed by atoms with Gasteiger partial charge in [-0.25, -0.2) is 0 Å². The Hall–Kier alpha value is -3.69. The number of para-hydroxylation sites is 4. The van der Waals surface area contributed by atoms with Crippen molar-refractivity contribution in [2.45, 2.75) is 38.7 Å². The Balaban J connectivity index is 1.72. The summed E-state index contributed by atoms with van der Waals surface area (Å²) in [5.41, 5.74) is -0.805. The number of thiophene rings is 1. The van der Waals surface area contributed by atoms with E-state index in [4.69, 9.17) is 9.47 Å². The van der Waals surface area contributed by atoms with Crippen LogP contribution in [0.25, 0.3) is 0 Å². The lowest BCUT2D eigenvalue weighted by atomic mass is 9.62. The molecule has 1 aromatic heterocycles. The second-order valence-electron chi connectivity index (χ2n) is 9.33. The summed E-state index contributed by atoms with van der Waals surface area (Å²) in [6, 6.07) is 17.6. The summed E-state index contributed by atoms with van der Waals surface area (Å²) in [5.74, 6) is -3.68. The molecule has 8 nitrogen and oxygen atoms in total. The number of hydrogen-bond donors (Lipinski definition) is 3. The van der Waals surface area contributed by atoms with Crippen LogP contribution >= 0.6 is 11.3 Å². The van der Waals surface area contributed by atoms with Gasteiger partial charge < -0.3 is 25.2 Å². The zero-order valence-electron chi connectivity index (χ0n) is 21.6. The number of benzene rings is 2. The molecule has 9 heteroatoms. The third-order valence-corrected chi connectivity index (χ3v) is 7.57. The largest absolute Gasteiger partial charge is 0.492 e. The second kappa shape index (κ2) is 11.8. The van der Waals surface area contributed by atoms with E-state index in [1.807, 2.05) is 19.2 Å². The molecule has 0 aliphatic heterocycles. The maximum atomic E-state index is 13.8. The van der Waals surface area contributed by atoms with Gasteiger partial charge in [0.25, 0.3) is 0 Å². The normalized spacial score (nSPS) is 22.9. The number of amides is 2. The molecule has 3 aromatic rings. The Labute approximate surface area is 226 Å². The molecule has 0 spiro atoms. The third kappa shape index (κ3) is 5.74. The van der Waals surface area contributed by atoms with Crippen LogP contribution < -0.4 is 20.1 Å². The zero-order valence-corrected chi connectivity index (χ0v) is 22.4. The Morgan fingerprint density at radius 3 is 2.00 bits per heavy atom. The van der Waals surface area contributed by atoms with E-state index >= 15 is 0 Å². The summed E-state index contributed by atoms with van der Waals surface area (Å²) in [7, 11) is 0. The quantitative estimate of drug-likeness (QED) is 0.337. The monoisotopic (exact) mass is 536 g/mol. The fourth-order valence-electron chi connectivity index (χ4n) is 5.04. The molecule has 4 atom stereocenters. The number of anilines is 2. The van der Waals surface area contributed by atoms with Crippen LogP contribution in [0.5, 0.6) is 11.5 Å². The van der Waals surface area contributed by atoms with Crippen molar-refractivity contribution in [1.82, 2.24) is 0 Å². The number of ether oxygens (including phenoxy) is 2. The van der Waals surface area contributed by atoms with E-state index in [0.717, 1.165) is 0 Å². The first-order valence-electron chi connectivity index (χ1n) is 12.6. The molecule has 4 rings (SSSR count).